The van der Waals surface area contributed by atoms with Crippen LogP contribution in [0.4, 0.5) is 5.69 Å². The van der Waals surface area contributed by atoms with Crippen LogP contribution in [-0.2, 0) is 4.79 Å². The highest BCUT2D eigenvalue weighted by Crippen LogP contribution is 2.20. The van der Waals surface area contributed by atoms with Gasteiger partial charge in [-0.3, -0.25) is 9.59 Å². The minimum Gasteiger partial charge on any atom is -0.507 e. The predicted molar refractivity (Wildman–Crippen MR) is 141 cm³/mol. The number of hydrogen-bond donors (Lipinski definition) is 3. The van der Waals surface area contributed by atoms with Gasteiger partial charge in [0.25, 0.3) is 11.8 Å². The van der Waals surface area contributed by atoms with E-state index in [2.05, 4.69) is 34.6 Å². The first-order valence-electron chi connectivity index (χ1n) is 11.2. The summed E-state index contributed by atoms with van der Waals surface area (Å²) in [6, 6.07) is 20.8. The Balaban J connectivity index is 1.84. The van der Waals surface area contributed by atoms with Gasteiger partial charge in [0.15, 0.2) is 0 Å². The molecule has 0 aromatic heterocycles. The van der Waals surface area contributed by atoms with Crippen molar-refractivity contribution in [2.45, 2.75) is 13.8 Å². The average molecular weight is 491 g/mol. The molecule has 0 aliphatic heterocycles. The zero-order valence-corrected chi connectivity index (χ0v) is 20.3. The highest BCUT2D eigenvalue weighted by Gasteiger charge is 2.14. The predicted octanol–water partition coefficient (Wildman–Crippen LogP) is 4.81. The molecule has 8 heteroatoms. The third kappa shape index (κ3) is 7.19. The molecule has 0 saturated heterocycles. The smallest absolute Gasteiger partial charge is 0.287 e. The Kier molecular flexibility index (Phi) is 9.03. The number of nitrogens with one attached hydrogen (secondary N) is 2. The van der Waals surface area contributed by atoms with E-state index in [0.29, 0.717) is 16.1 Å². The molecule has 0 atom stereocenters. The van der Waals surface area contributed by atoms with Crippen molar-refractivity contribution < 1.29 is 14.7 Å². The summed E-state index contributed by atoms with van der Waals surface area (Å²) in [5.74, 6) is -1.09. The quantitative estimate of drug-likeness (QED) is 0.228. The maximum Gasteiger partial charge on any atom is 0.287 e. The summed E-state index contributed by atoms with van der Waals surface area (Å²) < 4.78 is 0. The molecule has 3 aromatic carbocycles. The number of carbonyl (C=O) groups is 2. The van der Waals surface area contributed by atoms with Crippen LogP contribution in [0, 0.1) is 0 Å². The van der Waals surface area contributed by atoms with E-state index in [9.17, 15) is 14.7 Å². The van der Waals surface area contributed by atoms with Gasteiger partial charge in [-0.1, -0.05) is 41.9 Å². The molecule has 0 radical (unpaired) electrons. The van der Waals surface area contributed by atoms with E-state index in [1.165, 1.54) is 24.4 Å². The Morgan fingerprint density at radius 1 is 1.00 bits per heavy atom. The molecule has 180 valence electrons. The second-order valence-electron chi connectivity index (χ2n) is 7.54. The molecule has 35 heavy (non-hydrogen) atoms. The molecule has 3 rings (SSSR count). The third-order valence-corrected chi connectivity index (χ3v) is 5.46. The second kappa shape index (κ2) is 12.4. The number of rotatable bonds is 9. The number of anilines is 1. The zero-order valence-electron chi connectivity index (χ0n) is 19.5. The topological polar surface area (TPSA) is 94.0 Å². The molecule has 3 aromatic rings. The summed E-state index contributed by atoms with van der Waals surface area (Å²) in [4.78, 5) is 27.8. The van der Waals surface area contributed by atoms with Gasteiger partial charge in [-0.2, -0.15) is 5.10 Å². The van der Waals surface area contributed by atoms with Crippen molar-refractivity contribution in [3.63, 3.8) is 0 Å². The van der Waals surface area contributed by atoms with Gasteiger partial charge in [-0.25, -0.2) is 5.43 Å². The molecule has 0 unspecified atom stereocenters. The average Bonchev–Trinajstić information content (AvgIpc) is 2.87. The van der Waals surface area contributed by atoms with Gasteiger partial charge >= 0.3 is 0 Å². The van der Waals surface area contributed by atoms with Gasteiger partial charge in [0.1, 0.15) is 11.4 Å². The lowest BCUT2D eigenvalue weighted by molar-refractivity contribution is -0.117. The summed E-state index contributed by atoms with van der Waals surface area (Å²) in [6.45, 7) is 5.93. The van der Waals surface area contributed by atoms with E-state index >= 15 is 0 Å². The number of nitrogens with zero attached hydrogens (tertiary/aromatic N) is 2. The number of phenolic OH excluding ortho intramolecular Hbond substituents is 1. The monoisotopic (exact) mass is 490 g/mol. The van der Waals surface area contributed by atoms with Crippen molar-refractivity contribution in [2.24, 2.45) is 5.10 Å². The molecule has 7 nitrogen and oxygen atoms in total. The summed E-state index contributed by atoms with van der Waals surface area (Å²) in [5, 5.41) is 16.9. The number of carbonyl (C=O) groups excluding carboxylic acids is 2. The van der Waals surface area contributed by atoms with Crippen LogP contribution in [0.1, 0.15) is 35.3 Å². The SMILES string of the molecule is CCN(CC)c1ccc(/C=C(\NC(=O)c2ccccc2)C(=O)N/N=C/c2cc(Cl)ccc2O)cc1. The molecule has 0 aliphatic rings. The van der Waals surface area contributed by atoms with Crippen LogP contribution in [-0.4, -0.2) is 36.2 Å². The maximum atomic E-state index is 12.9. The number of benzene rings is 3. The van der Waals surface area contributed by atoms with E-state index < -0.39 is 11.8 Å². The maximum absolute atomic E-state index is 12.9. The Morgan fingerprint density at radius 3 is 2.34 bits per heavy atom. The summed E-state index contributed by atoms with van der Waals surface area (Å²) in [6.07, 6.45) is 2.85. The van der Waals surface area contributed by atoms with Crippen molar-refractivity contribution in [3.05, 3.63) is 100 Å². The van der Waals surface area contributed by atoms with Crippen LogP contribution in [0.15, 0.2) is 83.6 Å². The van der Waals surface area contributed by atoms with Crippen molar-refractivity contribution in [3.8, 4) is 5.75 Å². The molecular formula is C27H27ClN4O3. The molecule has 3 N–H and O–H groups in total. The van der Waals surface area contributed by atoms with Crippen molar-refractivity contribution >= 4 is 41.4 Å². The van der Waals surface area contributed by atoms with Gasteiger partial charge in [0, 0.05) is 34.9 Å². The molecule has 0 saturated carbocycles. The van der Waals surface area contributed by atoms with Crippen molar-refractivity contribution in [1.82, 2.24) is 10.7 Å². The van der Waals surface area contributed by atoms with Crippen molar-refractivity contribution in [2.75, 3.05) is 18.0 Å². The lowest BCUT2D eigenvalue weighted by atomic mass is 10.1. The number of amides is 2. The number of phenols is 1. The Hall–Kier alpha value is -4.10. The van der Waals surface area contributed by atoms with E-state index in [-0.39, 0.29) is 11.4 Å². The molecule has 0 aliphatic carbocycles. The van der Waals surface area contributed by atoms with Crippen LogP contribution in [0.5, 0.6) is 5.75 Å². The van der Waals surface area contributed by atoms with Gasteiger partial charge < -0.3 is 15.3 Å². The Bertz CT molecular complexity index is 1220. The van der Waals surface area contributed by atoms with Crippen LogP contribution in [0.3, 0.4) is 0 Å². The second-order valence-corrected chi connectivity index (χ2v) is 7.98. The molecule has 2 amide bonds. The molecule has 0 heterocycles. The number of hydrazone groups is 1. The largest absolute Gasteiger partial charge is 0.507 e. The summed E-state index contributed by atoms with van der Waals surface area (Å²) >= 11 is 5.94. The molecular weight excluding hydrogens is 464 g/mol. The highest BCUT2D eigenvalue weighted by atomic mass is 35.5. The van der Waals surface area contributed by atoms with Gasteiger partial charge in [0.05, 0.1) is 6.21 Å². The third-order valence-electron chi connectivity index (χ3n) is 5.22. The van der Waals surface area contributed by atoms with E-state index in [4.69, 9.17) is 11.6 Å². The van der Waals surface area contributed by atoms with E-state index in [1.807, 2.05) is 24.3 Å². The molecule has 0 spiro atoms. The van der Waals surface area contributed by atoms with Crippen LogP contribution < -0.4 is 15.6 Å². The van der Waals surface area contributed by atoms with Gasteiger partial charge in [-0.05, 0) is 68.0 Å². The lowest BCUT2D eigenvalue weighted by Gasteiger charge is -2.20. The lowest BCUT2D eigenvalue weighted by Crippen LogP contribution is -2.32. The van der Waals surface area contributed by atoms with E-state index in [1.54, 1.807) is 36.4 Å². The van der Waals surface area contributed by atoms with Crippen LogP contribution in [0.2, 0.25) is 5.02 Å². The number of hydrogen-bond acceptors (Lipinski definition) is 5. The zero-order chi connectivity index (χ0) is 25.2. The first-order valence-corrected chi connectivity index (χ1v) is 11.5. The first-order chi connectivity index (χ1) is 16.9. The van der Waals surface area contributed by atoms with Crippen molar-refractivity contribution in [1.29, 1.82) is 0 Å². The van der Waals surface area contributed by atoms with Crippen LogP contribution >= 0.6 is 11.6 Å². The Morgan fingerprint density at radius 2 is 1.69 bits per heavy atom. The normalized spacial score (nSPS) is 11.3. The fourth-order valence-corrected chi connectivity index (χ4v) is 3.51. The minimum atomic E-state index is -0.625. The fraction of sp³-hybridized carbons (Fsp3) is 0.148. The van der Waals surface area contributed by atoms with Gasteiger partial charge in [-0.15, -0.1) is 0 Å². The minimum absolute atomic E-state index is 0.0157. The molecule has 0 fully saturated rings. The standard InChI is InChI=1S/C27H27ClN4O3/c1-3-32(4-2)23-13-10-19(11-14-23)16-24(30-26(34)20-8-6-5-7-9-20)27(35)31-29-18-21-17-22(28)12-15-25(21)33/h5-18,33H,3-4H2,1-2H3,(H,30,34)(H,31,35)/b24-16-,29-18+. The van der Waals surface area contributed by atoms with Gasteiger partial charge in [0.2, 0.25) is 0 Å². The number of halogens is 1. The Labute approximate surface area is 209 Å². The van der Waals surface area contributed by atoms with E-state index in [0.717, 1.165) is 24.3 Å². The summed E-state index contributed by atoms with van der Waals surface area (Å²) in [7, 11) is 0. The molecule has 0 bridgehead atoms. The first kappa shape index (κ1) is 25.5. The van der Waals surface area contributed by atoms with Crippen LogP contribution in [0.25, 0.3) is 6.08 Å². The fourth-order valence-electron chi connectivity index (χ4n) is 3.33. The number of aromatic hydroxyl groups is 1. The highest BCUT2D eigenvalue weighted by molar-refractivity contribution is 6.30. The summed E-state index contributed by atoms with van der Waals surface area (Å²) in [5.41, 5.74) is 4.95.